The van der Waals surface area contributed by atoms with Crippen molar-refractivity contribution in [1.82, 2.24) is 5.32 Å². The number of carbonyl (C=O) groups is 1. The number of nitrogens with zero attached hydrogens (tertiary/aromatic N) is 2. The van der Waals surface area contributed by atoms with Gasteiger partial charge in [-0.1, -0.05) is 11.6 Å². The van der Waals surface area contributed by atoms with E-state index in [1.165, 1.54) is 0 Å². The smallest absolute Gasteiger partial charge is 0.242 e. The van der Waals surface area contributed by atoms with Crippen LogP contribution in [0.25, 0.3) is 0 Å². The average Bonchev–Trinajstić information content (AvgIpc) is 2.33. The maximum atomic E-state index is 11.6. The van der Waals surface area contributed by atoms with Crippen molar-refractivity contribution < 1.29 is 4.79 Å². The van der Waals surface area contributed by atoms with Crippen LogP contribution in [0.3, 0.4) is 0 Å². The molecule has 1 amide bonds. The largest absolute Gasteiger partial charge is 0.357 e. The van der Waals surface area contributed by atoms with Gasteiger partial charge in [0.05, 0.1) is 11.3 Å². The lowest BCUT2D eigenvalue weighted by molar-refractivity contribution is -0.122. The van der Waals surface area contributed by atoms with Crippen LogP contribution in [-0.2, 0) is 4.79 Å². The SMILES string of the molecule is CC1C(=O)NCCN1c1ccc(Cl)cc1C#N. The third-order valence-corrected chi connectivity index (χ3v) is 3.12. The highest BCUT2D eigenvalue weighted by atomic mass is 35.5. The number of benzene rings is 1. The predicted molar refractivity (Wildman–Crippen MR) is 66.0 cm³/mol. The molecule has 0 spiro atoms. The summed E-state index contributed by atoms with van der Waals surface area (Å²) < 4.78 is 0. The van der Waals surface area contributed by atoms with Crippen molar-refractivity contribution >= 4 is 23.2 Å². The second-order valence-corrected chi connectivity index (χ2v) is 4.37. The summed E-state index contributed by atoms with van der Waals surface area (Å²) in [5.41, 5.74) is 1.26. The van der Waals surface area contributed by atoms with Crippen LogP contribution in [0, 0.1) is 11.3 Å². The Balaban J connectivity index is 2.40. The van der Waals surface area contributed by atoms with Gasteiger partial charge in [-0.05, 0) is 25.1 Å². The van der Waals surface area contributed by atoms with E-state index in [0.717, 1.165) is 5.69 Å². The van der Waals surface area contributed by atoms with Crippen LogP contribution < -0.4 is 10.2 Å². The molecule has 1 aromatic rings. The maximum Gasteiger partial charge on any atom is 0.242 e. The van der Waals surface area contributed by atoms with Gasteiger partial charge in [-0.2, -0.15) is 5.26 Å². The third kappa shape index (κ3) is 2.20. The molecule has 1 fully saturated rings. The van der Waals surface area contributed by atoms with E-state index in [-0.39, 0.29) is 11.9 Å². The van der Waals surface area contributed by atoms with Gasteiger partial charge in [0.25, 0.3) is 0 Å². The molecule has 0 radical (unpaired) electrons. The Kier molecular flexibility index (Phi) is 3.21. The van der Waals surface area contributed by atoms with Crippen molar-refractivity contribution in [2.75, 3.05) is 18.0 Å². The lowest BCUT2D eigenvalue weighted by Gasteiger charge is -2.35. The van der Waals surface area contributed by atoms with Crippen LogP contribution in [0.4, 0.5) is 5.69 Å². The number of hydrogen-bond acceptors (Lipinski definition) is 3. The van der Waals surface area contributed by atoms with E-state index < -0.39 is 0 Å². The zero-order valence-corrected chi connectivity index (χ0v) is 10.2. The average molecular weight is 250 g/mol. The zero-order chi connectivity index (χ0) is 12.4. The number of carbonyl (C=O) groups excluding carboxylic acids is 1. The molecule has 1 heterocycles. The fourth-order valence-corrected chi connectivity index (χ4v) is 2.13. The number of halogens is 1. The molecule has 1 aliphatic heterocycles. The predicted octanol–water partition coefficient (Wildman–Crippen LogP) is 1.54. The summed E-state index contributed by atoms with van der Waals surface area (Å²) in [5.74, 6) is -0.0184. The number of nitriles is 1. The molecule has 2 rings (SSSR count). The summed E-state index contributed by atoms with van der Waals surface area (Å²) >= 11 is 5.85. The molecular formula is C12H12ClN3O. The summed E-state index contributed by atoms with van der Waals surface area (Å²) in [6.07, 6.45) is 0. The number of amides is 1. The first-order valence-electron chi connectivity index (χ1n) is 5.37. The Bertz CT molecular complexity index is 495. The highest BCUT2D eigenvalue weighted by Crippen LogP contribution is 2.26. The van der Waals surface area contributed by atoms with Crippen LogP contribution in [0.5, 0.6) is 0 Å². The van der Waals surface area contributed by atoms with E-state index in [0.29, 0.717) is 23.7 Å². The molecule has 0 saturated carbocycles. The van der Waals surface area contributed by atoms with Crippen molar-refractivity contribution in [3.63, 3.8) is 0 Å². The van der Waals surface area contributed by atoms with Crippen LogP contribution in [0.1, 0.15) is 12.5 Å². The molecule has 0 bridgehead atoms. The number of nitrogens with one attached hydrogen (secondary N) is 1. The summed E-state index contributed by atoms with van der Waals surface area (Å²) in [4.78, 5) is 13.5. The van der Waals surface area contributed by atoms with Gasteiger partial charge in [-0.25, -0.2) is 0 Å². The lowest BCUT2D eigenvalue weighted by Crippen LogP contribution is -2.54. The number of rotatable bonds is 1. The van der Waals surface area contributed by atoms with Crippen molar-refractivity contribution in [3.05, 3.63) is 28.8 Å². The van der Waals surface area contributed by atoms with Crippen LogP contribution >= 0.6 is 11.6 Å². The molecule has 5 heteroatoms. The van der Waals surface area contributed by atoms with Crippen LogP contribution in [-0.4, -0.2) is 25.0 Å². The molecule has 1 atom stereocenters. The highest BCUT2D eigenvalue weighted by Gasteiger charge is 2.27. The molecule has 1 saturated heterocycles. The molecule has 17 heavy (non-hydrogen) atoms. The minimum absolute atomic E-state index is 0.0184. The monoisotopic (exact) mass is 249 g/mol. The van der Waals surface area contributed by atoms with Gasteiger partial charge in [0.2, 0.25) is 5.91 Å². The normalized spacial score (nSPS) is 19.7. The van der Waals surface area contributed by atoms with E-state index in [1.54, 1.807) is 18.2 Å². The van der Waals surface area contributed by atoms with Gasteiger partial charge in [0.15, 0.2) is 0 Å². The second kappa shape index (κ2) is 4.64. The summed E-state index contributed by atoms with van der Waals surface area (Å²) in [7, 11) is 0. The maximum absolute atomic E-state index is 11.6. The molecule has 4 nitrogen and oxygen atoms in total. The lowest BCUT2D eigenvalue weighted by atomic mass is 10.1. The molecule has 1 aliphatic rings. The summed E-state index contributed by atoms with van der Waals surface area (Å²) in [5, 5.41) is 12.4. The molecule has 1 aromatic carbocycles. The van der Waals surface area contributed by atoms with E-state index >= 15 is 0 Å². The first-order valence-corrected chi connectivity index (χ1v) is 5.75. The molecule has 0 aliphatic carbocycles. The van der Waals surface area contributed by atoms with Gasteiger partial charge in [0, 0.05) is 18.1 Å². The standard InChI is InChI=1S/C12H12ClN3O/c1-8-12(17)15-4-5-16(8)11-3-2-10(13)6-9(11)7-14/h2-3,6,8H,4-5H2,1H3,(H,15,17). The Morgan fingerprint density at radius 2 is 2.35 bits per heavy atom. The third-order valence-electron chi connectivity index (χ3n) is 2.89. The van der Waals surface area contributed by atoms with Gasteiger partial charge >= 0.3 is 0 Å². The first kappa shape index (κ1) is 11.7. The van der Waals surface area contributed by atoms with Gasteiger partial charge in [-0.3, -0.25) is 4.79 Å². The van der Waals surface area contributed by atoms with Crippen molar-refractivity contribution in [2.24, 2.45) is 0 Å². The zero-order valence-electron chi connectivity index (χ0n) is 9.40. The van der Waals surface area contributed by atoms with Crippen molar-refractivity contribution in [2.45, 2.75) is 13.0 Å². The molecular weight excluding hydrogens is 238 g/mol. The number of piperazine rings is 1. The Labute approximate surface area is 105 Å². The quantitative estimate of drug-likeness (QED) is 0.821. The Morgan fingerprint density at radius 1 is 1.59 bits per heavy atom. The van der Waals surface area contributed by atoms with Gasteiger partial charge in [-0.15, -0.1) is 0 Å². The van der Waals surface area contributed by atoms with Gasteiger partial charge < -0.3 is 10.2 Å². The minimum atomic E-state index is -0.267. The Morgan fingerprint density at radius 3 is 3.06 bits per heavy atom. The van der Waals surface area contributed by atoms with Crippen molar-refractivity contribution in [3.8, 4) is 6.07 Å². The molecule has 1 unspecified atom stereocenters. The molecule has 88 valence electrons. The van der Waals surface area contributed by atoms with E-state index in [4.69, 9.17) is 16.9 Å². The van der Waals surface area contributed by atoms with E-state index in [9.17, 15) is 4.79 Å². The summed E-state index contributed by atoms with van der Waals surface area (Å²) in [6, 6.07) is 6.99. The fourth-order valence-electron chi connectivity index (χ4n) is 1.96. The van der Waals surface area contributed by atoms with Gasteiger partial charge in [0.1, 0.15) is 12.1 Å². The topological polar surface area (TPSA) is 56.1 Å². The van der Waals surface area contributed by atoms with Crippen molar-refractivity contribution in [1.29, 1.82) is 5.26 Å². The van der Waals surface area contributed by atoms with Crippen LogP contribution in [0.15, 0.2) is 18.2 Å². The van der Waals surface area contributed by atoms with E-state index in [2.05, 4.69) is 11.4 Å². The first-order chi connectivity index (χ1) is 8.13. The minimum Gasteiger partial charge on any atom is -0.357 e. The number of hydrogen-bond donors (Lipinski definition) is 1. The molecule has 0 aromatic heterocycles. The fraction of sp³-hybridized carbons (Fsp3) is 0.333. The highest BCUT2D eigenvalue weighted by molar-refractivity contribution is 6.30. The number of anilines is 1. The molecule has 1 N–H and O–H groups in total. The van der Waals surface area contributed by atoms with E-state index in [1.807, 2.05) is 11.8 Å². The second-order valence-electron chi connectivity index (χ2n) is 3.93. The van der Waals surface area contributed by atoms with Crippen LogP contribution in [0.2, 0.25) is 5.02 Å². The Hall–Kier alpha value is -1.73. The summed E-state index contributed by atoms with van der Waals surface area (Å²) in [6.45, 7) is 3.12.